The average Bonchev–Trinajstić information content (AvgIpc) is 3.16. The lowest BCUT2D eigenvalue weighted by Crippen LogP contribution is -2.25. The molecule has 0 saturated heterocycles. The summed E-state index contributed by atoms with van der Waals surface area (Å²) in [6.45, 7) is 0. The van der Waals surface area contributed by atoms with Crippen molar-refractivity contribution in [2.45, 2.75) is 4.21 Å². The number of carbonyl (C=O) groups is 1. The van der Waals surface area contributed by atoms with Crippen LogP contribution in [-0.4, -0.2) is 21.4 Å². The van der Waals surface area contributed by atoms with E-state index in [4.69, 9.17) is 23.2 Å². The fourth-order valence-corrected chi connectivity index (χ4v) is 5.22. The number of anilines is 2. The molecule has 1 aromatic heterocycles. The number of hydrogen-bond donors (Lipinski definition) is 1. The van der Waals surface area contributed by atoms with E-state index in [-0.39, 0.29) is 10.1 Å². The molecule has 1 N–H and O–H groups in total. The van der Waals surface area contributed by atoms with E-state index >= 15 is 0 Å². The number of sulfonamides is 1. The molecule has 0 saturated carbocycles. The number of nitrogens with one attached hydrogen (secondary N) is 1. The van der Waals surface area contributed by atoms with Gasteiger partial charge in [0.2, 0.25) is 0 Å². The summed E-state index contributed by atoms with van der Waals surface area (Å²) in [6.07, 6.45) is 0. The van der Waals surface area contributed by atoms with E-state index in [1.807, 2.05) is 0 Å². The van der Waals surface area contributed by atoms with Gasteiger partial charge in [0.25, 0.3) is 15.9 Å². The molecule has 140 valence electrons. The van der Waals surface area contributed by atoms with Crippen molar-refractivity contribution >= 4 is 61.8 Å². The number of benzene rings is 2. The van der Waals surface area contributed by atoms with E-state index in [2.05, 4.69) is 5.32 Å². The largest absolute Gasteiger partial charge is 0.322 e. The SMILES string of the molecule is CN(c1ccc(C(=O)Nc2cc(Cl)cc(Cl)c2)cc1)S(=O)(=O)c1cccs1. The van der Waals surface area contributed by atoms with Crippen molar-refractivity contribution in [3.8, 4) is 0 Å². The molecule has 5 nitrogen and oxygen atoms in total. The minimum absolute atomic E-state index is 0.254. The molecule has 0 aliphatic rings. The lowest BCUT2D eigenvalue weighted by atomic mass is 10.2. The molecule has 0 aliphatic heterocycles. The normalized spacial score (nSPS) is 11.2. The maximum atomic E-state index is 12.5. The van der Waals surface area contributed by atoms with Gasteiger partial charge in [-0.05, 0) is 53.9 Å². The Morgan fingerprint density at radius 3 is 2.22 bits per heavy atom. The van der Waals surface area contributed by atoms with Gasteiger partial charge < -0.3 is 5.32 Å². The summed E-state index contributed by atoms with van der Waals surface area (Å²) in [4.78, 5) is 12.4. The summed E-state index contributed by atoms with van der Waals surface area (Å²) in [5.41, 5.74) is 1.29. The first-order valence-electron chi connectivity index (χ1n) is 7.67. The van der Waals surface area contributed by atoms with Crippen LogP contribution in [0, 0.1) is 0 Å². The van der Waals surface area contributed by atoms with E-state index in [1.165, 1.54) is 11.4 Å². The highest BCUT2D eigenvalue weighted by molar-refractivity contribution is 7.94. The predicted molar refractivity (Wildman–Crippen MR) is 111 cm³/mol. The Labute approximate surface area is 171 Å². The van der Waals surface area contributed by atoms with Crippen LogP contribution >= 0.6 is 34.5 Å². The van der Waals surface area contributed by atoms with Gasteiger partial charge in [0, 0.05) is 28.3 Å². The summed E-state index contributed by atoms with van der Waals surface area (Å²) in [6, 6.07) is 14.2. The smallest absolute Gasteiger partial charge is 0.273 e. The zero-order valence-electron chi connectivity index (χ0n) is 14.0. The van der Waals surface area contributed by atoms with Crippen molar-refractivity contribution in [1.29, 1.82) is 0 Å². The summed E-state index contributed by atoms with van der Waals surface area (Å²) in [7, 11) is -2.15. The Morgan fingerprint density at radius 1 is 1.04 bits per heavy atom. The first-order chi connectivity index (χ1) is 12.8. The molecule has 0 spiro atoms. The van der Waals surface area contributed by atoms with Gasteiger partial charge in [-0.1, -0.05) is 29.3 Å². The standard InChI is InChI=1S/C18H14Cl2N2O3S2/c1-22(27(24,25)17-3-2-8-26-17)16-6-4-12(5-7-16)18(23)21-15-10-13(19)9-14(20)11-15/h2-11H,1H3,(H,21,23). The molecule has 9 heteroatoms. The third-order valence-electron chi connectivity index (χ3n) is 3.72. The number of rotatable bonds is 5. The molecule has 0 fully saturated rings. The fraction of sp³-hybridized carbons (Fsp3) is 0.0556. The van der Waals surface area contributed by atoms with E-state index in [0.29, 0.717) is 27.0 Å². The first-order valence-corrected chi connectivity index (χ1v) is 10.7. The third kappa shape index (κ3) is 4.44. The average molecular weight is 441 g/mol. The molecular formula is C18H14Cl2N2O3S2. The molecule has 2 aromatic carbocycles. The van der Waals surface area contributed by atoms with Gasteiger partial charge in [-0.15, -0.1) is 11.3 Å². The number of amides is 1. The zero-order valence-corrected chi connectivity index (χ0v) is 17.2. The van der Waals surface area contributed by atoms with Crippen molar-refractivity contribution in [2.75, 3.05) is 16.7 Å². The maximum absolute atomic E-state index is 12.5. The van der Waals surface area contributed by atoms with Gasteiger partial charge in [-0.2, -0.15) is 0 Å². The third-order valence-corrected chi connectivity index (χ3v) is 7.32. The molecular weight excluding hydrogens is 427 g/mol. The number of carbonyl (C=O) groups excluding carboxylic acids is 1. The van der Waals surface area contributed by atoms with Gasteiger partial charge in [0.1, 0.15) is 4.21 Å². The topological polar surface area (TPSA) is 66.5 Å². The lowest BCUT2D eigenvalue weighted by molar-refractivity contribution is 0.102. The van der Waals surface area contributed by atoms with Crippen molar-refractivity contribution in [1.82, 2.24) is 0 Å². The van der Waals surface area contributed by atoms with Crippen LogP contribution in [0.25, 0.3) is 0 Å². The summed E-state index contributed by atoms with van der Waals surface area (Å²) in [5, 5.41) is 5.23. The van der Waals surface area contributed by atoms with Gasteiger partial charge in [0.15, 0.2) is 0 Å². The van der Waals surface area contributed by atoms with E-state index in [1.54, 1.807) is 60.0 Å². The monoisotopic (exact) mass is 440 g/mol. The van der Waals surface area contributed by atoms with E-state index < -0.39 is 10.0 Å². The Morgan fingerprint density at radius 2 is 1.67 bits per heavy atom. The summed E-state index contributed by atoms with van der Waals surface area (Å²) < 4.78 is 26.5. The first kappa shape index (κ1) is 19.7. The van der Waals surface area contributed by atoms with Crippen LogP contribution in [0.1, 0.15) is 10.4 Å². The van der Waals surface area contributed by atoms with E-state index in [0.717, 1.165) is 11.3 Å². The number of thiophene rings is 1. The second-order valence-corrected chi connectivity index (χ2v) is 9.58. The minimum Gasteiger partial charge on any atom is -0.322 e. The molecule has 0 aliphatic carbocycles. The number of nitrogens with zero attached hydrogens (tertiary/aromatic N) is 1. The Kier molecular flexibility index (Phi) is 5.76. The van der Waals surface area contributed by atoms with Crippen molar-refractivity contribution in [3.05, 3.63) is 75.6 Å². The fourth-order valence-electron chi connectivity index (χ4n) is 2.34. The van der Waals surface area contributed by atoms with Crippen LogP contribution < -0.4 is 9.62 Å². The number of halogens is 2. The van der Waals surface area contributed by atoms with Crippen LogP contribution in [0.4, 0.5) is 11.4 Å². The molecule has 0 atom stereocenters. The van der Waals surface area contributed by atoms with Crippen molar-refractivity contribution in [2.24, 2.45) is 0 Å². The summed E-state index contributed by atoms with van der Waals surface area (Å²) in [5.74, 6) is -0.358. The molecule has 3 aromatic rings. The van der Waals surface area contributed by atoms with Crippen LogP contribution in [0.15, 0.2) is 64.2 Å². The van der Waals surface area contributed by atoms with Gasteiger partial charge in [-0.25, -0.2) is 8.42 Å². The highest BCUT2D eigenvalue weighted by atomic mass is 35.5. The van der Waals surface area contributed by atoms with Gasteiger partial charge in [-0.3, -0.25) is 9.10 Å². The van der Waals surface area contributed by atoms with Crippen molar-refractivity contribution < 1.29 is 13.2 Å². The molecule has 3 rings (SSSR count). The molecule has 0 radical (unpaired) electrons. The Bertz CT molecular complexity index is 1050. The molecule has 27 heavy (non-hydrogen) atoms. The molecule has 0 unspecified atom stereocenters. The molecule has 0 bridgehead atoms. The zero-order chi connectivity index (χ0) is 19.6. The highest BCUT2D eigenvalue weighted by Gasteiger charge is 2.22. The van der Waals surface area contributed by atoms with Crippen LogP contribution in [0.2, 0.25) is 10.0 Å². The molecule has 1 amide bonds. The summed E-state index contributed by atoms with van der Waals surface area (Å²) >= 11 is 13.0. The van der Waals surface area contributed by atoms with Crippen molar-refractivity contribution in [3.63, 3.8) is 0 Å². The second kappa shape index (κ2) is 7.90. The second-order valence-electron chi connectivity index (χ2n) is 5.56. The highest BCUT2D eigenvalue weighted by Crippen LogP contribution is 2.26. The van der Waals surface area contributed by atoms with Crippen LogP contribution in [-0.2, 0) is 10.0 Å². The minimum atomic E-state index is -3.62. The van der Waals surface area contributed by atoms with Gasteiger partial charge in [0.05, 0.1) is 5.69 Å². The maximum Gasteiger partial charge on any atom is 0.273 e. The molecule has 1 heterocycles. The lowest BCUT2D eigenvalue weighted by Gasteiger charge is -2.18. The Hall–Kier alpha value is -2.06. The number of hydrogen-bond acceptors (Lipinski definition) is 4. The van der Waals surface area contributed by atoms with Gasteiger partial charge >= 0.3 is 0 Å². The Balaban J connectivity index is 1.77. The van der Waals surface area contributed by atoms with Crippen LogP contribution in [0.5, 0.6) is 0 Å². The van der Waals surface area contributed by atoms with E-state index in [9.17, 15) is 13.2 Å². The quantitative estimate of drug-likeness (QED) is 0.597. The van der Waals surface area contributed by atoms with Crippen LogP contribution in [0.3, 0.4) is 0 Å². The predicted octanol–water partition coefficient (Wildman–Crippen LogP) is 5.13.